The molecule has 0 saturated heterocycles. The van der Waals surface area contributed by atoms with Crippen LogP contribution in [0.2, 0.25) is 0 Å². The molecule has 0 fully saturated rings. The van der Waals surface area contributed by atoms with E-state index in [0.717, 1.165) is 39.4 Å². The fourth-order valence-electron chi connectivity index (χ4n) is 2.84. The summed E-state index contributed by atoms with van der Waals surface area (Å²) in [7, 11) is 1.69. The number of nitrogens with two attached hydrogens (primary N) is 2. The summed E-state index contributed by atoms with van der Waals surface area (Å²) in [5.74, 6) is 0.830. The summed E-state index contributed by atoms with van der Waals surface area (Å²) in [6.07, 6.45) is 16.2. The van der Waals surface area contributed by atoms with Gasteiger partial charge in [0.15, 0.2) is 0 Å². The Hall–Kier alpha value is -3.98. The normalized spacial score (nSPS) is 11.9. The van der Waals surface area contributed by atoms with Crippen molar-refractivity contribution in [1.82, 2.24) is 0 Å². The Kier molecular flexibility index (Phi) is 7.28. The second-order valence-corrected chi connectivity index (χ2v) is 6.77. The van der Waals surface area contributed by atoms with E-state index in [-0.39, 0.29) is 0 Å². The molecular weight excluding hydrogens is 368 g/mol. The van der Waals surface area contributed by atoms with Crippen molar-refractivity contribution in [3.05, 3.63) is 113 Å². The van der Waals surface area contributed by atoms with Gasteiger partial charge in [0.2, 0.25) is 0 Å². The van der Waals surface area contributed by atoms with E-state index in [1.807, 2.05) is 103 Å². The molecule has 0 heterocycles. The van der Waals surface area contributed by atoms with E-state index < -0.39 is 0 Å². The number of benzene rings is 3. The second kappa shape index (κ2) is 10.5. The summed E-state index contributed by atoms with van der Waals surface area (Å²) in [6, 6.07) is 21.7. The molecule has 0 aliphatic rings. The molecule has 30 heavy (non-hydrogen) atoms. The van der Waals surface area contributed by atoms with Crippen LogP contribution in [0.3, 0.4) is 0 Å². The highest BCUT2D eigenvalue weighted by Gasteiger charge is 1.99. The van der Waals surface area contributed by atoms with Crippen molar-refractivity contribution < 1.29 is 4.74 Å². The molecular formula is C27H26N2O. The fourth-order valence-corrected chi connectivity index (χ4v) is 2.84. The second-order valence-electron chi connectivity index (χ2n) is 6.77. The first-order chi connectivity index (χ1) is 14.6. The summed E-state index contributed by atoms with van der Waals surface area (Å²) >= 11 is 0. The lowest BCUT2D eigenvalue weighted by Gasteiger charge is -2.05. The number of allylic oxidation sites excluding steroid dienone is 4. The number of hydrogen-bond acceptors (Lipinski definition) is 3. The molecule has 0 saturated carbocycles. The van der Waals surface area contributed by atoms with E-state index in [9.17, 15) is 0 Å². The first kappa shape index (κ1) is 20.7. The lowest BCUT2D eigenvalue weighted by Crippen LogP contribution is -1.87. The molecule has 3 nitrogen and oxygen atoms in total. The first-order valence-corrected chi connectivity index (χ1v) is 9.73. The molecule has 0 atom stereocenters. The molecule has 3 aromatic carbocycles. The van der Waals surface area contributed by atoms with Crippen molar-refractivity contribution in [1.29, 1.82) is 0 Å². The van der Waals surface area contributed by atoms with E-state index in [2.05, 4.69) is 12.1 Å². The summed E-state index contributed by atoms with van der Waals surface area (Å²) in [4.78, 5) is 0. The molecule has 0 aliphatic carbocycles. The fraction of sp³-hybridized carbons (Fsp3) is 0.0370. The predicted octanol–water partition coefficient (Wildman–Crippen LogP) is 6.31. The zero-order valence-corrected chi connectivity index (χ0v) is 17.0. The van der Waals surface area contributed by atoms with Gasteiger partial charge in [-0.25, -0.2) is 0 Å². The maximum absolute atomic E-state index is 5.71. The topological polar surface area (TPSA) is 61.3 Å². The Morgan fingerprint density at radius 3 is 1.50 bits per heavy atom. The zero-order valence-electron chi connectivity index (χ0n) is 17.0. The van der Waals surface area contributed by atoms with Crippen LogP contribution >= 0.6 is 0 Å². The van der Waals surface area contributed by atoms with Gasteiger partial charge in [0.1, 0.15) is 5.75 Å². The molecule has 0 amide bonds. The zero-order chi connectivity index (χ0) is 21.2. The first-order valence-electron chi connectivity index (χ1n) is 9.73. The van der Waals surface area contributed by atoms with Crippen molar-refractivity contribution in [2.24, 2.45) is 0 Å². The molecule has 0 radical (unpaired) electrons. The highest BCUT2D eigenvalue weighted by molar-refractivity contribution is 5.66. The van der Waals surface area contributed by atoms with Crippen LogP contribution in [-0.2, 0) is 0 Å². The lowest BCUT2D eigenvalue weighted by atomic mass is 10.1. The Morgan fingerprint density at radius 2 is 1.00 bits per heavy atom. The van der Waals surface area contributed by atoms with Crippen LogP contribution in [0.1, 0.15) is 22.3 Å². The third kappa shape index (κ3) is 6.28. The molecule has 3 rings (SSSR count). The van der Waals surface area contributed by atoms with Crippen molar-refractivity contribution in [3.63, 3.8) is 0 Å². The molecule has 0 aromatic heterocycles. The third-order valence-corrected chi connectivity index (χ3v) is 4.49. The number of anilines is 2. The quantitative estimate of drug-likeness (QED) is 0.364. The average molecular weight is 395 g/mol. The van der Waals surface area contributed by atoms with Crippen molar-refractivity contribution in [2.45, 2.75) is 0 Å². The van der Waals surface area contributed by atoms with Crippen LogP contribution in [0.15, 0.2) is 91.0 Å². The van der Waals surface area contributed by atoms with Gasteiger partial charge < -0.3 is 16.2 Å². The molecule has 0 bridgehead atoms. The van der Waals surface area contributed by atoms with Gasteiger partial charge in [0, 0.05) is 16.9 Å². The van der Waals surface area contributed by atoms with Gasteiger partial charge in [-0.3, -0.25) is 0 Å². The standard InChI is InChI=1S/C27H26N2O/c1-30-27-20-23(8-3-2-6-21-11-16-25(28)17-12-21)10-15-24(27)9-5-4-7-22-13-18-26(29)19-14-22/h2-20H,28-29H2,1H3/b6-2+,7-4+,8-3+,9-5+. The van der Waals surface area contributed by atoms with Crippen LogP contribution in [0.25, 0.3) is 24.3 Å². The van der Waals surface area contributed by atoms with Gasteiger partial charge in [-0.2, -0.15) is 0 Å². The molecule has 150 valence electrons. The molecule has 0 unspecified atom stereocenters. The van der Waals surface area contributed by atoms with Gasteiger partial charge in [0.05, 0.1) is 7.11 Å². The maximum atomic E-state index is 5.71. The van der Waals surface area contributed by atoms with Gasteiger partial charge in [-0.1, -0.05) is 85.0 Å². The van der Waals surface area contributed by atoms with E-state index in [0.29, 0.717) is 0 Å². The van der Waals surface area contributed by atoms with Crippen molar-refractivity contribution in [2.75, 3.05) is 18.6 Å². The summed E-state index contributed by atoms with van der Waals surface area (Å²) in [5, 5.41) is 0. The van der Waals surface area contributed by atoms with Crippen LogP contribution in [-0.4, -0.2) is 7.11 Å². The smallest absolute Gasteiger partial charge is 0.126 e. The minimum atomic E-state index is 0.766. The number of rotatable bonds is 7. The molecule has 3 heteroatoms. The van der Waals surface area contributed by atoms with Crippen LogP contribution in [0, 0.1) is 0 Å². The van der Waals surface area contributed by atoms with Crippen molar-refractivity contribution >= 4 is 35.7 Å². The Balaban J connectivity index is 1.63. The number of hydrogen-bond donors (Lipinski definition) is 2. The monoisotopic (exact) mass is 394 g/mol. The van der Waals surface area contributed by atoms with E-state index in [1.54, 1.807) is 7.11 Å². The summed E-state index contributed by atoms with van der Waals surface area (Å²) < 4.78 is 5.55. The molecule has 4 N–H and O–H groups in total. The van der Waals surface area contributed by atoms with Gasteiger partial charge in [-0.15, -0.1) is 0 Å². The number of nitrogen functional groups attached to an aromatic ring is 2. The Morgan fingerprint density at radius 1 is 0.567 bits per heavy atom. The lowest BCUT2D eigenvalue weighted by molar-refractivity contribution is 0.414. The van der Waals surface area contributed by atoms with Crippen LogP contribution < -0.4 is 16.2 Å². The highest BCUT2D eigenvalue weighted by Crippen LogP contribution is 2.22. The maximum Gasteiger partial charge on any atom is 0.126 e. The largest absolute Gasteiger partial charge is 0.496 e. The minimum absolute atomic E-state index is 0.766. The minimum Gasteiger partial charge on any atom is -0.496 e. The van der Waals surface area contributed by atoms with Gasteiger partial charge >= 0.3 is 0 Å². The molecule has 0 spiro atoms. The highest BCUT2D eigenvalue weighted by atomic mass is 16.5. The molecule has 0 aliphatic heterocycles. The number of ether oxygens (including phenoxy) is 1. The van der Waals surface area contributed by atoms with Crippen molar-refractivity contribution in [3.8, 4) is 5.75 Å². The van der Waals surface area contributed by atoms with E-state index in [1.165, 1.54) is 0 Å². The van der Waals surface area contributed by atoms with Gasteiger partial charge in [0.25, 0.3) is 0 Å². The van der Waals surface area contributed by atoms with E-state index >= 15 is 0 Å². The SMILES string of the molecule is COc1cc(/C=C/C=C/c2ccc(N)cc2)ccc1/C=C/C=C/c1ccc(N)cc1. The van der Waals surface area contributed by atoms with Crippen LogP contribution in [0.4, 0.5) is 11.4 Å². The summed E-state index contributed by atoms with van der Waals surface area (Å²) in [6.45, 7) is 0. The Bertz CT molecular complexity index is 1070. The Labute approximate surface area is 178 Å². The molecule has 3 aromatic rings. The van der Waals surface area contributed by atoms with Gasteiger partial charge in [-0.05, 0) is 47.0 Å². The third-order valence-electron chi connectivity index (χ3n) is 4.49. The summed E-state index contributed by atoms with van der Waals surface area (Å²) in [5.41, 5.74) is 17.3. The average Bonchev–Trinajstić information content (AvgIpc) is 2.77. The predicted molar refractivity (Wildman–Crippen MR) is 131 cm³/mol. The van der Waals surface area contributed by atoms with E-state index in [4.69, 9.17) is 16.2 Å². The van der Waals surface area contributed by atoms with Crippen LogP contribution in [0.5, 0.6) is 5.75 Å². The number of methoxy groups -OCH3 is 1.